The molecule has 22 heavy (non-hydrogen) atoms. The van der Waals surface area contributed by atoms with Gasteiger partial charge in [-0.1, -0.05) is 36.3 Å². The van der Waals surface area contributed by atoms with Gasteiger partial charge in [-0.2, -0.15) is 0 Å². The predicted octanol–water partition coefficient (Wildman–Crippen LogP) is 2.09. The summed E-state index contributed by atoms with van der Waals surface area (Å²) in [6, 6.07) is 14.6. The largest absolute Gasteiger partial charge is 0.480 e. The van der Waals surface area contributed by atoms with Gasteiger partial charge in [0.25, 0.3) is 5.91 Å². The van der Waals surface area contributed by atoms with Crippen molar-refractivity contribution in [3.05, 3.63) is 71.3 Å². The summed E-state index contributed by atoms with van der Waals surface area (Å²) in [6.45, 7) is 0. The zero-order chi connectivity index (χ0) is 15.9. The number of carboxylic acids is 1. The molecule has 0 bridgehead atoms. The lowest BCUT2D eigenvalue weighted by molar-refractivity contribution is -0.139. The Hall–Kier alpha value is -3.06. The minimum absolute atomic E-state index is 0.227. The fourth-order valence-electron chi connectivity index (χ4n) is 2.01. The Labute approximate surface area is 128 Å². The van der Waals surface area contributed by atoms with Crippen LogP contribution in [0.25, 0.3) is 0 Å². The summed E-state index contributed by atoms with van der Waals surface area (Å²) in [5, 5.41) is 11.8. The molecule has 2 N–H and O–H groups in total. The van der Waals surface area contributed by atoms with Gasteiger partial charge in [0.2, 0.25) is 0 Å². The first-order chi connectivity index (χ1) is 10.6. The van der Waals surface area contributed by atoms with Gasteiger partial charge >= 0.3 is 5.97 Å². The van der Waals surface area contributed by atoms with E-state index in [1.165, 1.54) is 0 Å². The van der Waals surface area contributed by atoms with E-state index in [9.17, 15) is 14.7 Å². The second-order valence-electron chi connectivity index (χ2n) is 4.78. The fraction of sp³-hybridized carbons (Fsp3) is 0.111. The predicted molar refractivity (Wildman–Crippen MR) is 83.4 cm³/mol. The number of amides is 1. The molecule has 1 atom stereocenters. The SMILES string of the molecule is C#Cc1ccc(C(=O)N[C@@H](Cc2ccccc2)C(=O)O)cc1. The summed E-state index contributed by atoms with van der Waals surface area (Å²) < 4.78 is 0. The molecule has 0 spiro atoms. The van der Waals surface area contributed by atoms with E-state index in [1.54, 1.807) is 24.3 Å². The van der Waals surface area contributed by atoms with E-state index >= 15 is 0 Å². The number of hydrogen-bond donors (Lipinski definition) is 2. The molecule has 1 amide bonds. The highest BCUT2D eigenvalue weighted by Gasteiger charge is 2.21. The van der Waals surface area contributed by atoms with E-state index < -0.39 is 17.9 Å². The van der Waals surface area contributed by atoms with Gasteiger partial charge in [-0.05, 0) is 29.8 Å². The normalized spacial score (nSPS) is 11.2. The van der Waals surface area contributed by atoms with Crippen molar-refractivity contribution in [2.24, 2.45) is 0 Å². The quantitative estimate of drug-likeness (QED) is 0.830. The number of nitrogens with one attached hydrogen (secondary N) is 1. The average Bonchev–Trinajstić information content (AvgIpc) is 2.55. The maximum Gasteiger partial charge on any atom is 0.326 e. The van der Waals surface area contributed by atoms with Crippen molar-refractivity contribution >= 4 is 11.9 Å². The Morgan fingerprint density at radius 2 is 1.73 bits per heavy atom. The molecule has 0 saturated heterocycles. The topological polar surface area (TPSA) is 66.4 Å². The molecule has 0 aliphatic heterocycles. The third kappa shape index (κ3) is 3.97. The van der Waals surface area contributed by atoms with E-state index in [-0.39, 0.29) is 6.42 Å². The van der Waals surface area contributed by atoms with Gasteiger partial charge in [0, 0.05) is 17.5 Å². The minimum atomic E-state index is -1.07. The number of benzene rings is 2. The van der Waals surface area contributed by atoms with Crippen LogP contribution < -0.4 is 5.32 Å². The molecular weight excluding hydrogens is 278 g/mol. The average molecular weight is 293 g/mol. The molecule has 0 unspecified atom stereocenters. The van der Waals surface area contributed by atoms with Crippen molar-refractivity contribution in [3.8, 4) is 12.3 Å². The van der Waals surface area contributed by atoms with E-state index in [0.717, 1.165) is 5.56 Å². The number of carbonyl (C=O) groups is 2. The molecule has 110 valence electrons. The van der Waals surface area contributed by atoms with Gasteiger partial charge in [0.1, 0.15) is 6.04 Å². The number of carbonyl (C=O) groups excluding carboxylic acids is 1. The minimum Gasteiger partial charge on any atom is -0.480 e. The van der Waals surface area contributed by atoms with Crippen LogP contribution in [0.5, 0.6) is 0 Å². The van der Waals surface area contributed by atoms with Gasteiger partial charge in [-0.15, -0.1) is 6.42 Å². The summed E-state index contributed by atoms with van der Waals surface area (Å²) in [4.78, 5) is 23.5. The van der Waals surface area contributed by atoms with Gasteiger partial charge < -0.3 is 10.4 Å². The van der Waals surface area contributed by atoms with Gasteiger partial charge in [0.15, 0.2) is 0 Å². The van der Waals surface area contributed by atoms with E-state index in [4.69, 9.17) is 6.42 Å². The van der Waals surface area contributed by atoms with Crippen molar-refractivity contribution < 1.29 is 14.7 Å². The van der Waals surface area contributed by atoms with Crippen LogP contribution in [0.4, 0.5) is 0 Å². The molecular formula is C18H15NO3. The van der Waals surface area contributed by atoms with Crippen LogP contribution in [0.15, 0.2) is 54.6 Å². The van der Waals surface area contributed by atoms with Crippen LogP contribution >= 0.6 is 0 Å². The lowest BCUT2D eigenvalue weighted by Crippen LogP contribution is -2.42. The second-order valence-corrected chi connectivity index (χ2v) is 4.78. The number of carboxylic acid groups (broad SMARTS) is 1. The molecule has 0 aliphatic carbocycles. The van der Waals surface area contributed by atoms with Crippen LogP contribution in [0.3, 0.4) is 0 Å². The van der Waals surface area contributed by atoms with Crippen LogP contribution in [0.1, 0.15) is 21.5 Å². The van der Waals surface area contributed by atoms with Crippen LogP contribution in [-0.2, 0) is 11.2 Å². The lowest BCUT2D eigenvalue weighted by Gasteiger charge is -2.14. The number of aliphatic carboxylic acids is 1. The van der Waals surface area contributed by atoms with Gasteiger partial charge in [-0.3, -0.25) is 4.79 Å². The number of hydrogen-bond acceptors (Lipinski definition) is 2. The first-order valence-electron chi connectivity index (χ1n) is 6.74. The zero-order valence-corrected chi connectivity index (χ0v) is 11.8. The van der Waals surface area contributed by atoms with Crippen molar-refractivity contribution in [2.45, 2.75) is 12.5 Å². The Morgan fingerprint density at radius 1 is 1.09 bits per heavy atom. The third-order valence-corrected chi connectivity index (χ3v) is 3.20. The molecule has 4 nitrogen and oxygen atoms in total. The lowest BCUT2D eigenvalue weighted by atomic mass is 10.1. The molecule has 0 aromatic heterocycles. The van der Waals surface area contributed by atoms with Crippen LogP contribution in [0, 0.1) is 12.3 Å². The number of rotatable bonds is 5. The smallest absolute Gasteiger partial charge is 0.326 e. The first kappa shape index (κ1) is 15.3. The summed E-state index contributed by atoms with van der Waals surface area (Å²) in [6.07, 6.45) is 5.48. The van der Waals surface area contributed by atoms with E-state index in [1.807, 2.05) is 30.3 Å². The van der Waals surface area contributed by atoms with Crippen molar-refractivity contribution in [1.29, 1.82) is 0 Å². The van der Waals surface area contributed by atoms with Crippen molar-refractivity contribution in [1.82, 2.24) is 5.32 Å². The van der Waals surface area contributed by atoms with E-state index in [0.29, 0.717) is 11.1 Å². The van der Waals surface area contributed by atoms with Crippen molar-refractivity contribution in [2.75, 3.05) is 0 Å². The molecule has 4 heteroatoms. The van der Waals surface area contributed by atoms with Crippen LogP contribution in [0.2, 0.25) is 0 Å². The fourth-order valence-corrected chi connectivity index (χ4v) is 2.01. The third-order valence-electron chi connectivity index (χ3n) is 3.20. The monoisotopic (exact) mass is 293 g/mol. The van der Waals surface area contributed by atoms with Crippen LogP contribution in [-0.4, -0.2) is 23.0 Å². The highest BCUT2D eigenvalue weighted by molar-refractivity contribution is 5.96. The summed E-state index contributed by atoms with van der Waals surface area (Å²) >= 11 is 0. The summed E-state index contributed by atoms with van der Waals surface area (Å²) in [5.74, 6) is 0.949. The molecule has 0 saturated carbocycles. The highest BCUT2D eigenvalue weighted by atomic mass is 16.4. The molecule has 2 aromatic rings. The maximum atomic E-state index is 12.1. The second kappa shape index (κ2) is 7.09. The Kier molecular flexibility index (Phi) is 4.94. The Morgan fingerprint density at radius 3 is 2.27 bits per heavy atom. The molecule has 2 aromatic carbocycles. The maximum absolute atomic E-state index is 12.1. The number of terminal acetylenes is 1. The molecule has 0 heterocycles. The summed E-state index contributed by atoms with van der Waals surface area (Å²) in [7, 11) is 0. The molecule has 2 rings (SSSR count). The standard InChI is InChI=1S/C18H15NO3/c1-2-13-8-10-15(11-9-13)17(20)19-16(18(21)22)12-14-6-4-3-5-7-14/h1,3-11,16H,12H2,(H,19,20)(H,21,22)/t16-/m0/s1. The first-order valence-corrected chi connectivity index (χ1v) is 6.74. The highest BCUT2D eigenvalue weighted by Crippen LogP contribution is 2.07. The zero-order valence-electron chi connectivity index (χ0n) is 11.8. The Balaban J connectivity index is 2.08. The molecule has 0 aliphatic rings. The van der Waals surface area contributed by atoms with Crippen molar-refractivity contribution in [3.63, 3.8) is 0 Å². The van der Waals surface area contributed by atoms with Gasteiger partial charge in [0.05, 0.1) is 0 Å². The molecule has 0 radical (unpaired) electrons. The Bertz CT molecular complexity index is 699. The van der Waals surface area contributed by atoms with Gasteiger partial charge in [-0.25, -0.2) is 4.79 Å². The summed E-state index contributed by atoms with van der Waals surface area (Å²) in [5.41, 5.74) is 1.88. The van der Waals surface area contributed by atoms with E-state index in [2.05, 4.69) is 11.2 Å². The molecule has 0 fully saturated rings.